The molecule has 0 aromatic carbocycles. The van der Waals surface area contributed by atoms with Gasteiger partial charge in [-0.3, -0.25) is 9.59 Å². The lowest BCUT2D eigenvalue weighted by molar-refractivity contribution is -0.131. The van der Waals surface area contributed by atoms with Crippen molar-refractivity contribution in [2.45, 2.75) is 64.2 Å². The summed E-state index contributed by atoms with van der Waals surface area (Å²) in [5.41, 5.74) is 0. The summed E-state index contributed by atoms with van der Waals surface area (Å²) < 4.78 is 0. The molecule has 0 N–H and O–H groups in total. The maximum Gasteiger partial charge on any atom is 0.224 e. The lowest BCUT2D eigenvalue weighted by Crippen LogP contribution is -2.41. The molecule has 2 aliphatic heterocycles. The van der Waals surface area contributed by atoms with Crippen LogP contribution < -0.4 is 0 Å². The molecule has 25 heavy (non-hydrogen) atoms. The summed E-state index contributed by atoms with van der Waals surface area (Å²) in [4.78, 5) is 31.3. The summed E-state index contributed by atoms with van der Waals surface area (Å²) in [6.07, 6.45) is 11.4. The number of amides is 2. The smallest absolute Gasteiger partial charge is 0.224 e. The van der Waals surface area contributed by atoms with Gasteiger partial charge in [0.2, 0.25) is 11.8 Å². The van der Waals surface area contributed by atoms with Gasteiger partial charge in [0.25, 0.3) is 0 Å². The fraction of sp³-hybridized carbons (Fsp3) is 0.900. The van der Waals surface area contributed by atoms with Crippen LogP contribution in [0.3, 0.4) is 0 Å². The first kappa shape index (κ1) is 18.7. The molecule has 5 heteroatoms. The summed E-state index contributed by atoms with van der Waals surface area (Å²) in [5, 5.41) is 0. The van der Waals surface area contributed by atoms with Crippen LogP contribution in [0.1, 0.15) is 64.2 Å². The highest BCUT2D eigenvalue weighted by Crippen LogP contribution is 2.28. The molecule has 5 nitrogen and oxygen atoms in total. The minimum absolute atomic E-state index is 0.225. The van der Waals surface area contributed by atoms with Crippen molar-refractivity contribution in [2.75, 3.05) is 45.8 Å². The number of nitrogens with zero attached hydrogens (tertiary/aromatic N) is 3. The highest BCUT2D eigenvalue weighted by molar-refractivity contribution is 5.80. The van der Waals surface area contributed by atoms with Crippen LogP contribution in [0.25, 0.3) is 0 Å². The lowest BCUT2D eigenvalue weighted by atomic mass is 10.0. The van der Waals surface area contributed by atoms with Crippen LogP contribution in [0, 0.1) is 5.92 Å². The van der Waals surface area contributed by atoms with Crippen molar-refractivity contribution >= 4 is 11.8 Å². The van der Waals surface area contributed by atoms with E-state index in [0.717, 1.165) is 32.0 Å². The second-order valence-electron chi connectivity index (χ2n) is 8.10. The average Bonchev–Trinajstić information content (AvgIpc) is 3.09. The van der Waals surface area contributed by atoms with Gasteiger partial charge in [-0.15, -0.1) is 0 Å². The standard InChI is InChI=1S/C20H35N3O2/c24-19(9-8-18-6-2-3-7-18)22-13-10-20(25)23(17-16-22)15-14-21-11-4-1-5-12-21/h18H,1-17H2. The Morgan fingerprint density at radius 2 is 1.64 bits per heavy atom. The van der Waals surface area contributed by atoms with Crippen LogP contribution in [0.4, 0.5) is 0 Å². The van der Waals surface area contributed by atoms with Crippen LogP contribution in [0.15, 0.2) is 0 Å². The first-order chi connectivity index (χ1) is 12.2. The van der Waals surface area contributed by atoms with Gasteiger partial charge in [-0.1, -0.05) is 32.1 Å². The third-order valence-corrected chi connectivity index (χ3v) is 6.32. The van der Waals surface area contributed by atoms with Gasteiger partial charge >= 0.3 is 0 Å². The maximum absolute atomic E-state index is 12.5. The van der Waals surface area contributed by atoms with Crippen LogP contribution in [0.2, 0.25) is 0 Å². The molecule has 0 aromatic heterocycles. The molecule has 0 spiro atoms. The third-order valence-electron chi connectivity index (χ3n) is 6.32. The van der Waals surface area contributed by atoms with Crippen molar-refractivity contribution < 1.29 is 9.59 Å². The van der Waals surface area contributed by atoms with E-state index in [0.29, 0.717) is 25.9 Å². The lowest BCUT2D eigenvalue weighted by Gasteiger charge is -2.29. The number of piperidine rings is 1. The number of carbonyl (C=O) groups is 2. The van der Waals surface area contributed by atoms with Crippen molar-refractivity contribution in [1.82, 2.24) is 14.7 Å². The fourth-order valence-corrected chi connectivity index (χ4v) is 4.58. The minimum atomic E-state index is 0.225. The van der Waals surface area contributed by atoms with Crippen LogP contribution in [-0.4, -0.2) is 72.3 Å². The molecule has 1 saturated carbocycles. The molecule has 3 rings (SSSR count). The number of rotatable bonds is 6. The molecular weight excluding hydrogens is 314 g/mol. The van der Waals surface area contributed by atoms with Crippen molar-refractivity contribution in [3.8, 4) is 0 Å². The van der Waals surface area contributed by atoms with Gasteiger partial charge in [0.1, 0.15) is 0 Å². The number of hydrogen-bond acceptors (Lipinski definition) is 3. The summed E-state index contributed by atoms with van der Waals surface area (Å²) in [7, 11) is 0. The predicted octanol–water partition coefficient (Wildman–Crippen LogP) is 2.50. The Morgan fingerprint density at radius 1 is 0.880 bits per heavy atom. The monoisotopic (exact) mass is 349 g/mol. The summed E-state index contributed by atoms with van der Waals surface area (Å²) >= 11 is 0. The quantitative estimate of drug-likeness (QED) is 0.740. The third kappa shape index (κ3) is 5.70. The molecule has 1 aliphatic carbocycles. The summed E-state index contributed by atoms with van der Waals surface area (Å²) in [6.45, 7) is 6.20. The number of carbonyl (C=O) groups excluding carboxylic acids is 2. The zero-order valence-corrected chi connectivity index (χ0v) is 15.8. The molecule has 0 aromatic rings. The van der Waals surface area contributed by atoms with Gasteiger partial charge in [-0.2, -0.15) is 0 Å². The molecule has 142 valence electrons. The first-order valence-corrected chi connectivity index (χ1v) is 10.5. The van der Waals surface area contributed by atoms with Gasteiger partial charge in [0, 0.05) is 45.6 Å². The first-order valence-electron chi connectivity index (χ1n) is 10.5. The van der Waals surface area contributed by atoms with E-state index in [1.807, 2.05) is 9.80 Å². The molecule has 2 saturated heterocycles. The summed E-state index contributed by atoms with van der Waals surface area (Å²) in [5.74, 6) is 1.25. The molecule has 0 atom stereocenters. The van der Waals surface area contributed by atoms with E-state index < -0.39 is 0 Å². The van der Waals surface area contributed by atoms with Gasteiger partial charge in [0.05, 0.1) is 0 Å². The van der Waals surface area contributed by atoms with E-state index in [-0.39, 0.29) is 11.8 Å². The number of likely N-dealkylation sites (tertiary alicyclic amines) is 1. The molecular formula is C20H35N3O2. The zero-order valence-electron chi connectivity index (χ0n) is 15.8. The van der Waals surface area contributed by atoms with Gasteiger partial charge in [0.15, 0.2) is 0 Å². The largest absolute Gasteiger partial charge is 0.340 e. The summed E-state index contributed by atoms with van der Waals surface area (Å²) in [6, 6.07) is 0. The Kier molecular flexibility index (Phi) is 7.14. The highest BCUT2D eigenvalue weighted by atomic mass is 16.2. The van der Waals surface area contributed by atoms with E-state index in [4.69, 9.17) is 0 Å². The van der Waals surface area contributed by atoms with E-state index in [1.165, 1.54) is 58.0 Å². The Bertz CT molecular complexity index is 442. The van der Waals surface area contributed by atoms with Crippen LogP contribution in [0.5, 0.6) is 0 Å². The Morgan fingerprint density at radius 3 is 2.40 bits per heavy atom. The Balaban J connectivity index is 1.40. The predicted molar refractivity (Wildman–Crippen MR) is 99.3 cm³/mol. The van der Waals surface area contributed by atoms with Gasteiger partial charge < -0.3 is 14.7 Å². The SMILES string of the molecule is O=C(CCC1CCCC1)N1CCC(=O)N(CCN2CCCCC2)CC1. The molecule has 0 radical (unpaired) electrons. The Labute approximate surface area is 152 Å². The minimum Gasteiger partial charge on any atom is -0.340 e. The van der Waals surface area contributed by atoms with E-state index in [9.17, 15) is 9.59 Å². The second-order valence-corrected chi connectivity index (χ2v) is 8.10. The van der Waals surface area contributed by atoms with Crippen molar-refractivity contribution in [3.63, 3.8) is 0 Å². The molecule has 2 heterocycles. The van der Waals surface area contributed by atoms with Crippen molar-refractivity contribution in [2.24, 2.45) is 5.92 Å². The average molecular weight is 350 g/mol. The normalized spacial score (nSPS) is 23.9. The van der Waals surface area contributed by atoms with Gasteiger partial charge in [-0.25, -0.2) is 0 Å². The highest BCUT2D eigenvalue weighted by Gasteiger charge is 2.25. The fourth-order valence-electron chi connectivity index (χ4n) is 4.58. The molecule has 3 fully saturated rings. The van der Waals surface area contributed by atoms with Crippen molar-refractivity contribution in [3.05, 3.63) is 0 Å². The van der Waals surface area contributed by atoms with Crippen LogP contribution >= 0.6 is 0 Å². The zero-order chi connectivity index (χ0) is 17.5. The molecule has 3 aliphatic rings. The topological polar surface area (TPSA) is 43.9 Å². The molecule has 2 amide bonds. The molecule has 0 bridgehead atoms. The Hall–Kier alpha value is -1.10. The van der Waals surface area contributed by atoms with E-state index in [1.54, 1.807) is 0 Å². The van der Waals surface area contributed by atoms with Gasteiger partial charge in [-0.05, 0) is 38.3 Å². The maximum atomic E-state index is 12.5. The van der Waals surface area contributed by atoms with Crippen molar-refractivity contribution in [1.29, 1.82) is 0 Å². The van der Waals surface area contributed by atoms with Crippen LogP contribution in [-0.2, 0) is 9.59 Å². The molecule has 0 unspecified atom stereocenters. The number of hydrogen-bond donors (Lipinski definition) is 0. The van der Waals surface area contributed by atoms with E-state index >= 15 is 0 Å². The van der Waals surface area contributed by atoms with E-state index in [2.05, 4.69) is 4.90 Å². The second kappa shape index (κ2) is 9.56.